The fraction of sp³-hybridized carbons (Fsp3) is 0.350. The number of fused-ring (bicyclic) bond motifs is 3. The Hall–Kier alpha value is -2.34. The molecule has 6 heteroatoms. The van der Waals surface area contributed by atoms with Crippen LogP contribution in [0.4, 0.5) is 5.69 Å². The maximum absolute atomic E-state index is 13.2. The molecule has 2 aromatic rings. The highest BCUT2D eigenvalue weighted by molar-refractivity contribution is 7.93. The summed E-state index contributed by atoms with van der Waals surface area (Å²) in [4.78, 5) is 12.5. The lowest BCUT2D eigenvalue weighted by molar-refractivity contribution is -0.120. The van der Waals surface area contributed by atoms with Crippen molar-refractivity contribution in [2.24, 2.45) is 0 Å². The molecule has 5 nitrogen and oxygen atoms in total. The van der Waals surface area contributed by atoms with Crippen molar-refractivity contribution in [2.45, 2.75) is 44.6 Å². The summed E-state index contributed by atoms with van der Waals surface area (Å²) >= 11 is 0. The first-order valence-electron chi connectivity index (χ1n) is 8.77. The van der Waals surface area contributed by atoms with Crippen molar-refractivity contribution in [2.75, 3.05) is 10.8 Å². The minimum Gasteiger partial charge on any atom is -0.352 e. The molecule has 1 amide bonds. The van der Waals surface area contributed by atoms with Crippen molar-refractivity contribution >= 4 is 21.6 Å². The first kappa shape index (κ1) is 18.5. The molecule has 0 fully saturated rings. The summed E-state index contributed by atoms with van der Waals surface area (Å²) in [6, 6.07) is 12.7. The highest BCUT2D eigenvalue weighted by atomic mass is 32.2. The van der Waals surface area contributed by atoms with Gasteiger partial charge in [0.1, 0.15) is 6.54 Å². The number of hydrogen-bond acceptors (Lipinski definition) is 3. The van der Waals surface area contributed by atoms with Crippen molar-refractivity contribution in [1.29, 1.82) is 0 Å². The van der Waals surface area contributed by atoms with Crippen molar-refractivity contribution in [3.8, 4) is 11.1 Å². The maximum Gasteiger partial charge on any atom is 0.265 e. The number of anilines is 1. The number of hydrogen-bond donors (Lipinski definition) is 1. The fourth-order valence-electron chi connectivity index (χ4n) is 3.18. The van der Waals surface area contributed by atoms with E-state index < -0.39 is 10.0 Å². The normalized spacial score (nSPS) is 14.9. The fourth-order valence-corrected chi connectivity index (χ4v) is 4.83. The van der Waals surface area contributed by atoms with Gasteiger partial charge < -0.3 is 5.32 Å². The number of amides is 1. The average molecular weight is 372 g/mol. The summed E-state index contributed by atoms with van der Waals surface area (Å²) in [5.74, 6) is 0.00512. The summed E-state index contributed by atoms with van der Waals surface area (Å²) in [6.45, 7) is 7.66. The van der Waals surface area contributed by atoms with Crippen LogP contribution in [0.1, 0.15) is 39.2 Å². The van der Waals surface area contributed by atoms with E-state index in [4.69, 9.17) is 0 Å². The maximum atomic E-state index is 13.2. The minimum atomic E-state index is -3.79. The Kier molecular flexibility index (Phi) is 4.80. The van der Waals surface area contributed by atoms with Crippen LogP contribution in [0.3, 0.4) is 0 Å². The van der Waals surface area contributed by atoms with E-state index in [0.29, 0.717) is 17.2 Å². The van der Waals surface area contributed by atoms with E-state index in [2.05, 4.69) is 19.2 Å². The average Bonchev–Trinajstić information content (AvgIpc) is 2.57. The summed E-state index contributed by atoms with van der Waals surface area (Å²) in [5, 5.41) is 2.77. The molecule has 3 rings (SSSR count). The Labute approximate surface area is 155 Å². The van der Waals surface area contributed by atoms with Gasteiger partial charge in [0.05, 0.1) is 10.6 Å². The Morgan fingerprint density at radius 1 is 1.04 bits per heavy atom. The molecular formula is C20H24N2O3S. The number of benzene rings is 2. The number of carbonyl (C=O) groups excluding carboxylic acids is 1. The second-order valence-corrected chi connectivity index (χ2v) is 8.99. The van der Waals surface area contributed by atoms with Gasteiger partial charge in [-0.1, -0.05) is 38.1 Å². The summed E-state index contributed by atoms with van der Waals surface area (Å²) in [6.07, 6.45) is 0. The van der Waals surface area contributed by atoms with Crippen LogP contribution in [0, 0.1) is 0 Å². The third-order valence-electron chi connectivity index (χ3n) is 4.44. The number of sulfonamides is 1. The van der Waals surface area contributed by atoms with Crippen molar-refractivity contribution in [3.05, 3.63) is 48.0 Å². The van der Waals surface area contributed by atoms with Gasteiger partial charge in [-0.05, 0) is 43.5 Å². The predicted molar refractivity (Wildman–Crippen MR) is 104 cm³/mol. The van der Waals surface area contributed by atoms with Gasteiger partial charge in [0.25, 0.3) is 10.0 Å². The lowest BCUT2D eigenvalue weighted by atomic mass is 9.95. The van der Waals surface area contributed by atoms with E-state index in [0.717, 1.165) is 11.1 Å². The van der Waals surface area contributed by atoms with Crippen molar-refractivity contribution in [1.82, 2.24) is 5.32 Å². The van der Waals surface area contributed by atoms with E-state index in [-0.39, 0.29) is 23.4 Å². The van der Waals surface area contributed by atoms with Crippen LogP contribution in [-0.4, -0.2) is 26.9 Å². The summed E-state index contributed by atoms with van der Waals surface area (Å²) < 4.78 is 27.5. The van der Waals surface area contributed by atoms with Gasteiger partial charge in [0.2, 0.25) is 5.91 Å². The monoisotopic (exact) mass is 372 g/mol. The molecule has 0 spiro atoms. The smallest absolute Gasteiger partial charge is 0.265 e. The molecule has 2 aromatic carbocycles. The van der Waals surface area contributed by atoms with Crippen molar-refractivity contribution in [3.63, 3.8) is 0 Å². The molecule has 0 aliphatic carbocycles. The number of rotatable bonds is 4. The molecular weight excluding hydrogens is 348 g/mol. The molecule has 0 bridgehead atoms. The Balaban J connectivity index is 2.17. The highest BCUT2D eigenvalue weighted by Gasteiger charge is 2.36. The second-order valence-electron chi connectivity index (χ2n) is 7.16. The van der Waals surface area contributed by atoms with E-state index in [9.17, 15) is 13.2 Å². The molecule has 138 valence electrons. The van der Waals surface area contributed by atoms with Crippen LogP contribution in [0.15, 0.2) is 47.4 Å². The van der Waals surface area contributed by atoms with Gasteiger partial charge >= 0.3 is 0 Å². The molecule has 0 radical (unpaired) electrons. The van der Waals surface area contributed by atoms with Crippen LogP contribution >= 0.6 is 0 Å². The first-order chi connectivity index (χ1) is 12.2. The Bertz CT molecular complexity index is 949. The van der Waals surface area contributed by atoms with Gasteiger partial charge in [-0.15, -0.1) is 0 Å². The molecule has 1 N–H and O–H groups in total. The number of nitrogens with zero attached hydrogens (tertiary/aromatic N) is 1. The van der Waals surface area contributed by atoms with E-state index >= 15 is 0 Å². The molecule has 1 aliphatic rings. The van der Waals surface area contributed by atoms with Crippen LogP contribution in [0.5, 0.6) is 0 Å². The number of carbonyl (C=O) groups is 1. The summed E-state index contributed by atoms with van der Waals surface area (Å²) in [5.41, 5.74) is 3.21. The largest absolute Gasteiger partial charge is 0.352 e. The lowest BCUT2D eigenvalue weighted by Crippen LogP contribution is -2.44. The third-order valence-corrected chi connectivity index (χ3v) is 6.26. The Morgan fingerprint density at radius 3 is 2.38 bits per heavy atom. The van der Waals surface area contributed by atoms with Crippen LogP contribution < -0.4 is 9.62 Å². The van der Waals surface area contributed by atoms with E-state index in [1.54, 1.807) is 18.2 Å². The lowest BCUT2D eigenvalue weighted by Gasteiger charge is -2.32. The molecule has 0 atom stereocenters. The van der Waals surface area contributed by atoms with Crippen LogP contribution in [-0.2, 0) is 14.8 Å². The topological polar surface area (TPSA) is 66.5 Å². The molecule has 1 aliphatic heterocycles. The first-order valence-corrected chi connectivity index (χ1v) is 10.2. The molecule has 0 unspecified atom stereocenters. The van der Waals surface area contributed by atoms with Gasteiger partial charge in [-0.3, -0.25) is 9.10 Å². The summed E-state index contributed by atoms with van der Waals surface area (Å²) in [7, 11) is -3.79. The third kappa shape index (κ3) is 3.21. The second kappa shape index (κ2) is 6.76. The van der Waals surface area contributed by atoms with E-state index in [1.807, 2.05) is 38.1 Å². The molecule has 1 heterocycles. The van der Waals surface area contributed by atoms with Gasteiger partial charge in [-0.25, -0.2) is 8.42 Å². The zero-order valence-electron chi connectivity index (χ0n) is 15.5. The van der Waals surface area contributed by atoms with Crippen LogP contribution in [0.25, 0.3) is 11.1 Å². The quantitative estimate of drug-likeness (QED) is 0.893. The van der Waals surface area contributed by atoms with E-state index in [1.165, 1.54) is 4.31 Å². The van der Waals surface area contributed by atoms with Gasteiger partial charge in [0.15, 0.2) is 0 Å². The molecule has 0 aromatic heterocycles. The van der Waals surface area contributed by atoms with Crippen molar-refractivity contribution < 1.29 is 13.2 Å². The minimum absolute atomic E-state index is 0.0509. The molecule has 26 heavy (non-hydrogen) atoms. The molecule has 0 saturated heterocycles. The van der Waals surface area contributed by atoms with Gasteiger partial charge in [0, 0.05) is 17.2 Å². The zero-order chi connectivity index (χ0) is 19.1. The van der Waals surface area contributed by atoms with Gasteiger partial charge in [-0.2, -0.15) is 0 Å². The molecule has 0 saturated carbocycles. The zero-order valence-corrected chi connectivity index (χ0v) is 16.3. The predicted octanol–water partition coefficient (Wildman–Crippen LogP) is 3.51. The highest BCUT2D eigenvalue weighted by Crippen LogP contribution is 2.43. The SMILES string of the molecule is CC(C)NC(=O)CN1c2ccc(C(C)C)cc2-c2ccccc2S1(=O)=O. The van der Waals surface area contributed by atoms with Crippen LogP contribution in [0.2, 0.25) is 0 Å². The Morgan fingerprint density at radius 2 is 1.73 bits per heavy atom. The number of nitrogens with one attached hydrogen (secondary N) is 1. The standard InChI is InChI=1S/C20H24N2O3S/c1-13(2)15-9-10-18-17(11-15)16-7-5-6-8-19(16)26(24,25)22(18)12-20(23)21-14(3)4/h5-11,13-14H,12H2,1-4H3,(H,21,23).